The predicted octanol–water partition coefficient (Wildman–Crippen LogP) is 3.23. The monoisotopic (exact) mass is 351 g/mol. The summed E-state index contributed by atoms with van der Waals surface area (Å²) in [6.45, 7) is 3.32. The van der Waals surface area contributed by atoms with Gasteiger partial charge in [0.2, 0.25) is 5.91 Å². The first-order valence-corrected chi connectivity index (χ1v) is 8.67. The van der Waals surface area contributed by atoms with Gasteiger partial charge in [-0.05, 0) is 37.1 Å². The van der Waals surface area contributed by atoms with E-state index in [0.717, 1.165) is 11.1 Å². The molecular weight excluding hydrogens is 330 g/mol. The van der Waals surface area contributed by atoms with Crippen molar-refractivity contribution in [2.45, 2.75) is 26.3 Å². The minimum Gasteiger partial charge on any atom is -0.464 e. The quantitative estimate of drug-likeness (QED) is 0.776. The van der Waals surface area contributed by atoms with Gasteiger partial charge in [0, 0.05) is 12.1 Å². The number of nitrogens with zero attached hydrogens (tertiary/aromatic N) is 1. The summed E-state index contributed by atoms with van der Waals surface area (Å²) in [5.41, 5.74) is 2.67. The molecular formula is C21H21NO4. The van der Waals surface area contributed by atoms with E-state index in [0.29, 0.717) is 5.69 Å². The highest BCUT2D eigenvalue weighted by Gasteiger charge is 2.47. The average molecular weight is 351 g/mol. The lowest BCUT2D eigenvalue weighted by atomic mass is 9.96. The summed E-state index contributed by atoms with van der Waals surface area (Å²) in [6.07, 6.45) is 0.0270. The number of benzene rings is 2. The molecule has 0 unspecified atom stereocenters. The predicted molar refractivity (Wildman–Crippen MR) is 98.6 cm³/mol. The van der Waals surface area contributed by atoms with Gasteiger partial charge >= 0.3 is 5.97 Å². The van der Waals surface area contributed by atoms with Crippen molar-refractivity contribution in [2.75, 3.05) is 11.5 Å². The molecule has 134 valence electrons. The summed E-state index contributed by atoms with van der Waals surface area (Å²) in [5.74, 6) is -1.63. The van der Waals surface area contributed by atoms with Crippen LogP contribution in [0.2, 0.25) is 0 Å². The van der Waals surface area contributed by atoms with Crippen LogP contribution in [0.25, 0.3) is 11.1 Å². The van der Waals surface area contributed by atoms with Gasteiger partial charge in [-0.1, -0.05) is 42.5 Å². The molecule has 2 atom stereocenters. The van der Waals surface area contributed by atoms with Gasteiger partial charge in [0.25, 0.3) is 0 Å². The van der Waals surface area contributed by atoms with E-state index in [-0.39, 0.29) is 24.7 Å². The van der Waals surface area contributed by atoms with Gasteiger partial charge in [0.15, 0.2) is 0 Å². The zero-order valence-electron chi connectivity index (χ0n) is 14.8. The van der Waals surface area contributed by atoms with Crippen LogP contribution in [0.1, 0.15) is 20.3 Å². The number of anilines is 1. The summed E-state index contributed by atoms with van der Waals surface area (Å²) < 4.78 is 5.11. The zero-order valence-corrected chi connectivity index (χ0v) is 14.8. The standard InChI is InChI=1S/C21H21NO4/c1-3-26-21(25)20-18(14(2)23)13-19(24)22(20)17-11-9-16(10-12-17)15-7-5-4-6-8-15/h4-12,18,20H,3,13H2,1-2H3/t18-,20-/m1/s1. The molecule has 5 nitrogen and oxygen atoms in total. The maximum Gasteiger partial charge on any atom is 0.330 e. The lowest BCUT2D eigenvalue weighted by Gasteiger charge is -2.25. The van der Waals surface area contributed by atoms with Gasteiger partial charge in [0.1, 0.15) is 11.8 Å². The number of hydrogen-bond donors (Lipinski definition) is 0. The number of ketones is 1. The third-order valence-corrected chi connectivity index (χ3v) is 4.63. The molecule has 2 aromatic rings. The topological polar surface area (TPSA) is 63.7 Å². The Bertz CT molecular complexity index is 814. The minimum atomic E-state index is -0.900. The van der Waals surface area contributed by atoms with E-state index in [2.05, 4.69) is 0 Å². The highest BCUT2D eigenvalue weighted by molar-refractivity contribution is 6.07. The summed E-state index contributed by atoms with van der Waals surface area (Å²) in [4.78, 5) is 38.3. The molecule has 1 aliphatic rings. The number of esters is 1. The number of ether oxygens (including phenoxy) is 1. The van der Waals surface area contributed by atoms with Gasteiger partial charge in [0.05, 0.1) is 12.5 Å². The second-order valence-corrected chi connectivity index (χ2v) is 6.29. The van der Waals surface area contributed by atoms with Crippen molar-refractivity contribution >= 4 is 23.3 Å². The van der Waals surface area contributed by atoms with Crippen molar-refractivity contribution in [1.82, 2.24) is 0 Å². The second kappa shape index (κ2) is 7.52. The molecule has 0 saturated carbocycles. The van der Waals surface area contributed by atoms with E-state index in [1.165, 1.54) is 11.8 Å². The number of carbonyl (C=O) groups is 3. The number of hydrogen-bond acceptors (Lipinski definition) is 4. The van der Waals surface area contributed by atoms with E-state index >= 15 is 0 Å². The first-order chi connectivity index (χ1) is 12.5. The number of rotatable bonds is 5. The third kappa shape index (κ3) is 3.38. The Kier molecular flexibility index (Phi) is 5.16. The van der Waals surface area contributed by atoms with E-state index in [1.807, 2.05) is 42.5 Å². The molecule has 5 heteroatoms. The lowest BCUT2D eigenvalue weighted by molar-refractivity contribution is -0.147. The number of Topliss-reactive ketones (excluding diaryl/α,β-unsaturated/α-hetero) is 1. The SMILES string of the molecule is CCOC(=O)[C@H]1[C@@H](C(C)=O)CC(=O)N1c1ccc(-c2ccccc2)cc1. The number of amides is 1. The lowest BCUT2D eigenvalue weighted by Crippen LogP contribution is -2.44. The largest absolute Gasteiger partial charge is 0.464 e. The molecule has 1 fully saturated rings. The van der Waals surface area contributed by atoms with Gasteiger partial charge in [-0.15, -0.1) is 0 Å². The fourth-order valence-corrected chi connectivity index (χ4v) is 3.35. The van der Waals surface area contributed by atoms with E-state index in [9.17, 15) is 14.4 Å². The molecule has 1 saturated heterocycles. The van der Waals surface area contributed by atoms with Crippen LogP contribution < -0.4 is 4.90 Å². The van der Waals surface area contributed by atoms with Crippen LogP contribution in [0.4, 0.5) is 5.69 Å². The fraction of sp³-hybridized carbons (Fsp3) is 0.286. The maximum absolute atomic E-state index is 12.5. The molecule has 0 bridgehead atoms. The molecule has 0 aliphatic carbocycles. The molecule has 1 amide bonds. The molecule has 0 aromatic heterocycles. The van der Waals surface area contributed by atoms with E-state index in [1.54, 1.807) is 19.1 Å². The zero-order chi connectivity index (χ0) is 18.7. The third-order valence-electron chi connectivity index (χ3n) is 4.63. The molecule has 3 rings (SSSR count). The average Bonchev–Trinajstić information content (AvgIpc) is 3.00. The highest BCUT2D eigenvalue weighted by atomic mass is 16.5. The smallest absolute Gasteiger partial charge is 0.330 e. The highest BCUT2D eigenvalue weighted by Crippen LogP contribution is 2.33. The molecule has 2 aromatic carbocycles. The fourth-order valence-electron chi connectivity index (χ4n) is 3.35. The Morgan fingerprint density at radius 3 is 2.23 bits per heavy atom. The van der Waals surface area contributed by atoms with E-state index < -0.39 is 17.9 Å². The van der Waals surface area contributed by atoms with Crippen LogP contribution in [-0.4, -0.2) is 30.3 Å². The first-order valence-electron chi connectivity index (χ1n) is 8.67. The van der Waals surface area contributed by atoms with Crippen LogP contribution in [0.15, 0.2) is 54.6 Å². The van der Waals surface area contributed by atoms with Gasteiger partial charge < -0.3 is 4.74 Å². The summed E-state index contributed by atoms with van der Waals surface area (Å²) >= 11 is 0. The van der Waals surface area contributed by atoms with Gasteiger partial charge in [-0.25, -0.2) is 4.79 Å². The van der Waals surface area contributed by atoms with Crippen LogP contribution >= 0.6 is 0 Å². The second-order valence-electron chi connectivity index (χ2n) is 6.29. The Balaban J connectivity index is 1.93. The minimum absolute atomic E-state index is 0.0270. The summed E-state index contributed by atoms with van der Waals surface area (Å²) in [6, 6.07) is 16.4. The Morgan fingerprint density at radius 2 is 1.65 bits per heavy atom. The maximum atomic E-state index is 12.5. The first kappa shape index (κ1) is 17.9. The number of carbonyl (C=O) groups excluding carboxylic acids is 3. The van der Waals surface area contributed by atoms with Crippen molar-refractivity contribution in [3.05, 3.63) is 54.6 Å². The summed E-state index contributed by atoms with van der Waals surface area (Å²) in [7, 11) is 0. The van der Waals surface area contributed by atoms with Crippen molar-refractivity contribution in [2.24, 2.45) is 5.92 Å². The normalized spacial score (nSPS) is 19.5. The molecule has 1 aliphatic heterocycles. The van der Waals surface area contributed by atoms with Crippen molar-refractivity contribution in [1.29, 1.82) is 0 Å². The summed E-state index contributed by atoms with van der Waals surface area (Å²) in [5, 5.41) is 0. The van der Waals surface area contributed by atoms with Gasteiger partial charge in [-0.3, -0.25) is 14.5 Å². The molecule has 26 heavy (non-hydrogen) atoms. The Hall–Kier alpha value is -2.95. The Morgan fingerprint density at radius 1 is 1.04 bits per heavy atom. The van der Waals surface area contributed by atoms with Crippen LogP contribution in [-0.2, 0) is 19.1 Å². The Labute approximate surface area is 152 Å². The van der Waals surface area contributed by atoms with Crippen molar-refractivity contribution in [3.63, 3.8) is 0 Å². The van der Waals surface area contributed by atoms with Crippen molar-refractivity contribution in [3.8, 4) is 11.1 Å². The molecule has 1 heterocycles. The van der Waals surface area contributed by atoms with Crippen LogP contribution in [0.5, 0.6) is 0 Å². The van der Waals surface area contributed by atoms with E-state index in [4.69, 9.17) is 4.74 Å². The van der Waals surface area contributed by atoms with Crippen molar-refractivity contribution < 1.29 is 19.1 Å². The van der Waals surface area contributed by atoms with Crippen LogP contribution in [0.3, 0.4) is 0 Å². The van der Waals surface area contributed by atoms with Crippen LogP contribution in [0, 0.1) is 5.92 Å². The molecule has 0 N–H and O–H groups in total. The molecule has 0 radical (unpaired) electrons. The van der Waals surface area contributed by atoms with Gasteiger partial charge in [-0.2, -0.15) is 0 Å². The molecule has 0 spiro atoms.